The van der Waals surface area contributed by atoms with Crippen molar-refractivity contribution in [2.45, 2.75) is 0 Å². The fourth-order valence-electron chi connectivity index (χ4n) is 1.70. The van der Waals surface area contributed by atoms with Crippen LogP contribution < -0.4 is 4.74 Å². The molecule has 0 spiro atoms. The first-order valence-electron chi connectivity index (χ1n) is 5.10. The van der Waals surface area contributed by atoms with E-state index in [-0.39, 0.29) is 13.2 Å². The van der Waals surface area contributed by atoms with E-state index in [1.807, 2.05) is 0 Å². The molecule has 1 aromatic carbocycles. The molecule has 1 fully saturated rings. The van der Waals surface area contributed by atoms with Crippen molar-refractivity contribution < 1.29 is 24.2 Å². The normalized spacial score (nSPS) is 17.0. The summed E-state index contributed by atoms with van der Waals surface area (Å²) in [5, 5.41) is 9.11. The van der Waals surface area contributed by atoms with Gasteiger partial charge in [0, 0.05) is 5.56 Å². The van der Waals surface area contributed by atoms with E-state index in [0.29, 0.717) is 11.3 Å². The summed E-state index contributed by atoms with van der Waals surface area (Å²) in [6, 6.07) is 6.46. The number of Topliss-reactive ketones (excluding diaryl/α,β-unsaturated/α-hetero) is 1. The van der Waals surface area contributed by atoms with E-state index >= 15 is 0 Å². The Kier molecular flexibility index (Phi) is 2.85. The Morgan fingerprint density at radius 3 is 2.59 bits per heavy atom. The number of hydrogen-bond acceptors (Lipinski definition) is 4. The van der Waals surface area contributed by atoms with Gasteiger partial charge in [0.2, 0.25) is 0 Å². The van der Waals surface area contributed by atoms with Gasteiger partial charge in [0.25, 0.3) is 0 Å². The number of carboxylic acid groups (broad SMARTS) is 1. The predicted molar refractivity (Wildman–Crippen MR) is 58.2 cm³/mol. The quantitative estimate of drug-likeness (QED) is 0.623. The Hall–Kier alpha value is -1.88. The Bertz CT molecular complexity index is 462. The van der Waals surface area contributed by atoms with Crippen molar-refractivity contribution in [2.24, 2.45) is 5.41 Å². The molecule has 90 valence electrons. The number of aliphatic carboxylic acids is 1. The van der Waals surface area contributed by atoms with Crippen molar-refractivity contribution >= 4 is 11.8 Å². The number of benzene rings is 1. The zero-order valence-corrected chi connectivity index (χ0v) is 9.30. The van der Waals surface area contributed by atoms with Crippen molar-refractivity contribution in [3.05, 3.63) is 29.8 Å². The van der Waals surface area contributed by atoms with Gasteiger partial charge in [-0.05, 0) is 12.1 Å². The van der Waals surface area contributed by atoms with Gasteiger partial charge >= 0.3 is 5.97 Å². The van der Waals surface area contributed by atoms with E-state index < -0.39 is 17.2 Å². The molecule has 2 rings (SSSR count). The molecule has 0 aliphatic carbocycles. The average Bonchev–Trinajstić information content (AvgIpc) is 2.27. The number of carbonyl (C=O) groups is 2. The third-order valence-corrected chi connectivity index (χ3v) is 2.87. The minimum absolute atomic E-state index is 0.0711. The van der Waals surface area contributed by atoms with E-state index in [1.165, 1.54) is 13.2 Å². The molecule has 0 unspecified atom stereocenters. The molecular weight excluding hydrogens is 224 g/mol. The van der Waals surface area contributed by atoms with E-state index in [1.54, 1.807) is 18.2 Å². The van der Waals surface area contributed by atoms with Gasteiger partial charge in [0.15, 0.2) is 11.2 Å². The molecule has 0 radical (unpaired) electrons. The minimum atomic E-state index is -1.42. The lowest BCUT2D eigenvalue weighted by molar-refractivity contribution is -0.169. The second-order valence-electron chi connectivity index (χ2n) is 3.94. The lowest BCUT2D eigenvalue weighted by Gasteiger charge is -2.35. The van der Waals surface area contributed by atoms with Gasteiger partial charge < -0.3 is 14.6 Å². The van der Waals surface area contributed by atoms with Gasteiger partial charge in [-0.3, -0.25) is 9.59 Å². The summed E-state index contributed by atoms with van der Waals surface area (Å²) < 4.78 is 9.86. The van der Waals surface area contributed by atoms with Crippen molar-refractivity contribution in [1.82, 2.24) is 0 Å². The Balaban J connectivity index is 2.33. The molecule has 0 saturated carbocycles. The smallest absolute Gasteiger partial charge is 0.322 e. The fraction of sp³-hybridized carbons (Fsp3) is 0.333. The fourth-order valence-corrected chi connectivity index (χ4v) is 1.70. The van der Waals surface area contributed by atoms with E-state index in [4.69, 9.17) is 14.6 Å². The maximum atomic E-state index is 12.1. The molecule has 1 aliphatic rings. The van der Waals surface area contributed by atoms with Crippen LogP contribution in [0, 0.1) is 5.41 Å². The molecule has 1 saturated heterocycles. The third kappa shape index (κ3) is 1.78. The van der Waals surface area contributed by atoms with Gasteiger partial charge in [-0.2, -0.15) is 0 Å². The topological polar surface area (TPSA) is 72.8 Å². The average molecular weight is 236 g/mol. The van der Waals surface area contributed by atoms with Crippen molar-refractivity contribution in [3.63, 3.8) is 0 Å². The second-order valence-corrected chi connectivity index (χ2v) is 3.94. The molecule has 0 atom stereocenters. The standard InChI is InChI=1S/C12H12O5/c1-16-9-4-2-3-8(5-9)10(13)12(11(14)15)6-17-7-12/h2-5H,6-7H2,1H3,(H,14,15). The van der Waals surface area contributed by atoms with Crippen LogP contribution in [-0.4, -0.2) is 37.2 Å². The molecular formula is C12H12O5. The van der Waals surface area contributed by atoms with Gasteiger partial charge in [0.05, 0.1) is 20.3 Å². The van der Waals surface area contributed by atoms with E-state index in [2.05, 4.69) is 0 Å². The third-order valence-electron chi connectivity index (χ3n) is 2.87. The molecule has 1 heterocycles. The molecule has 5 nitrogen and oxygen atoms in total. The largest absolute Gasteiger partial charge is 0.497 e. The number of rotatable bonds is 4. The molecule has 17 heavy (non-hydrogen) atoms. The first kappa shape index (κ1) is 11.6. The van der Waals surface area contributed by atoms with Crippen LogP contribution in [0.5, 0.6) is 5.75 Å². The van der Waals surface area contributed by atoms with Crippen LogP contribution >= 0.6 is 0 Å². The minimum Gasteiger partial charge on any atom is -0.497 e. The van der Waals surface area contributed by atoms with Crippen LogP contribution in [0.15, 0.2) is 24.3 Å². The molecule has 1 aliphatic heterocycles. The van der Waals surface area contributed by atoms with Crippen LogP contribution in [0.4, 0.5) is 0 Å². The zero-order chi connectivity index (χ0) is 12.5. The van der Waals surface area contributed by atoms with Gasteiger partial charge in [0.1, 0.15) is 5.75 Å². The summed E-state index contributed by atoms with van der Waals surface area (Å²) in [6.07, 6.45) is 0. The summed E-state index contributed by atoms with van der Waals surface area (Å²) in [6.45, 7) is -0.142. The first-order valence-corrected chi connectivity index (χ1v) is 5.10. The molecule has 0 amide bonds. The van der Waals surface area contributed by atoms with Crippen LogP contribution in [0.1, 0.15) is 10.4 Å². The highest BCUT2D eigenvalue weighted by atomic mass is 16.5. The number of methoxy groups -OCH3 is 1. The van der Waals surface area contributed by atoms with Crippen LogP contribution in [0.2, 0.25) is 0 Å². The number of ketones is 1. The first-order chi connectivity index (χ1) is 8.10. The van der Waals surface area contributed by atoms with Gasteiger partial charge in [-0.15, -0.1) is 0 Å². The number of carboxylic acids is 1. The van der Waals surface area contributed by atoms with Crippen molar-refractivity contribution in [2.75, 3.05) is 20.3 Å². The van der Waals surface area contributed by atoms with Crippen LogP contribution in [0.3, 0.4) is 0 Å². The number of carbonyl (C=O) groups excluding carboxylic acids is 1. The Morgan fingerprint density at radius 2 is 2.12 bits per heavy atom. The zero-order valence-electron chi connectivity index (χ0n) is 9.30. The van der Waals surface area contributed by atoms with Crippen LogP contribution in [-0.2, 0) is 9.53 Å². The van der Waals surface area contributed by atoms with Gasteiger partial charge in [-0.25, -0.2) is 0 Å². The van der Waals surface area contributed by atoms with Crippen LogP contribution in [0.25, 0.3) is 0 Å². The maximum absolute atomic E-state index is 12.1. The SMILES string of the molecule is COc1cccc(C(=O)C2(C(=O)O)COC2)c1. The Labute approximate surface area is 98.0 Å². The van der Waals surface area contributed by atoms with E-state index in [9.17, 15) is 9.59 Å². The molecule has 0 bridgehead atoms. The lowest BCUT2D eigenvalue weighted by atomic mass is 9.78. The summed E-state index contributed by atoms with van der Waals surface area (Å²) in [5.74, 6) is -1.05. The number of ether oxygens (including phenoxy) is 2. The summed E-state index contributed by atoms with van der Waals surface area (Å²) in [7, 11) is 1.49. The molecule has 5 heteroatoms. The summed E-state index contributed by atoms with van der Waals surface area (Å²) >= 11 is 0. The monoisotopic (exact) mass is 236 g/mol. The number of hydrogen-bond donors (Lipinski definition) is 1. The van der Waals surface area contributed by atoms with Crippen molar-refractivity contribution in [3.8, 4) is 5.75 Å². The molecule has 0 aromatic heterocycles. The highest BCUT2D eigenvalue weighted by Gasteiger charge is 2.53. The second kappa shape index (κ2) is 4.18. The van der Waals surface area contributed by atoms with Crippen molar-refractivity contribution in [1.29, 1.82) is 0 Å². The summed E-state index contributed by atoms with van der Waals surface area (Å²) in [4.78, 5) is 23.3. The van der Waals surface area contributed by atoms with E-state index in [0.717, 1.165) is 0 Å². The highest BCUT2D eigenvalue weighted by molar-refractivity contribution is 6.13. The predicted octanol–water partition coefficient (Wildman–Crippen LogP) is 0.979. The highest BCUT2D eigenvalue weighted by Crippen LogP contribution is 2.32. The Morgan fingerprint density at radius 1 is 1.41 bits per heavy atom. The molecule has 1 N–H and O–H groups in total. The molecule has 1 aromatic rings. The van der Waals surface area contributed by atoms with Gasteiger partial charge in [-0.1, -0.05) is 12.1 Å². The summed E-state index contributed by atoms with van der Waals surface area (Å²) in [5.41, 5.74) is -1.10. The lowest BCUT2D eigenvalue weighted by Crippen LogP contribution is -2.54. The maximum Gasteiger partial charge on any atom is 0.322 e.